The lowest BCUT2D eigenvalue weighted by Crippen LogP contribution is -2.02. The lowest BCUT2D eigenvalue weighted by Gasteiger charge is -2.09. The molecule has 1 aromatic carbocycles. The highest BCUT2D eigenvalue weighted by Gasteiger charge is 2.09. The van der Waals surface area contributed by atoms with E-state index in [0.717, 1.165) is 5.69 Å². The molecule has 2 aromatic heterocycles. The molecule has 0 radical (unpaired) electrons. The number of nitrogens with zero attached hydrogens (tertiary/aromatic N) is 4. The lowest BCUT2D eigenvalue weighted by atomic mass is 10.2. The van der Waals surface area contributed by atoms with Crippen molar-refractivity contribution in [2.45, 2.75) is 13.5 Å². The number of methoxy groups -OCH3 is 1. The van der Waals surface area contributed by atoms with Crippen molar-refractivity contribution in [2.24, 2.45) is 0 Å². The van der Waals surface area contributed by atoms with Gasteiger partial charge in [0.2, 0.25) is 5.88 Å². The molecule has 0 aliphatic carbocycles. The third kappa shape index (κ3) is 3.62. The smallest absolute Gasteiger partial charge is 0.217 e. The number of rotatable bonds is 5. The molecule has 122 valence electrons. The molecule has 0 unspecified atom stereocenters. The summed E-state index contributed by atoms with van der Waals surface area (Å²) in [6.45, 7) is 2.01. The topological polar surface area (TPSA) is 70.0 Å². The number of benzene rings is 1. The molecule has 0 atom stereocenters. The van der Waals surface area contributed by atoms with Crippen molar-refractivity contribution in [1.82, 2.24) is 19.9 Å². The van der Waals surface area contributed by atoms with Crippen LogP contribution in [-0.4, -0.2) is 27.0 Å². The maximum atomic E-state index is 13.7. The summed E-state index contributed by atoms with van der Waals surface area (Å²) in [5, 5.41) is 0. The van der Waals surface area contributed by atoms with E-state index in [1.54, 1.807) is 36.8 Å². The molecule has 0 fully saturated rings. The van der Waals surface area contributed by atoms with E-state index in [1.165, 1.54) is 13.2 Å². The first kappa shape index (κ1) is 15.8. The molecule has 0 amide bonds. The number of halogens is 1. The molecule has 0 saturated carbocycles. The van der Waals surface area contributed by atoms with Gasteiger partial charge in [-0.25, -0.2) is 14.4 Å². The van der Waals surface area contributed by atoms with Gasteiger partial charge in [-0.05, 0) is 24.6 Å². The second-order valence-electron chi connectivity index (χ2n) is 5.02. The van der Waals surface area contributed by atoms with Crippen LogP contribution in [0.5, 0.6) is 11.6 Å². The number of hydrogen-bond donors (Lipinski definition) is 0. The molecule has 0 aliphatic rings. The molecule has 0 aliphatic heterocycles. The Kier molecular flexibility index (Phi) is 4.60. The van der Waals surface area contributed by atoms with Crippen LogP contribution >= 0.6 is 0 Å². The molecule has 0 spiro atoms. The van der Waals surface area contributed by atoms with Gasteiger partial charge in [-0.1, -0.05) is 6.07 Å². The summed E-state index contributed by atoms with van der Waals surface area (Å²) in [4.78, 5) is 16.8. The summed E-state index contributed by atoms with van der Waals surface area (Å²) < 4.78 is 24.3. The molecule has 3 rings (SSSR count). The van der Waals surface area contributed by atoms with Gasteiger partial charge in [0.1, 0.15) is 12.3 Å². The van der Waals surface area contributed by atoms with Crippen LogP contribution in [-0.2, 0) is 6.61 Å². The van der Waals surface area contributed by atoms with E-state index in [1.807, 2.05) is 6.92 Å². The first-order valence-corrected chi connectivity index (χ1v) is 7.23. The second kappa shape index (κ2) is 6.99. The monoisotopic (exact) mass is 326 g/mol. The van der Waals surface area contributed by atoms with E-state index >= 15 is 0 Å². The Hall–Kier alpha value is -3.09. The summed E-state index contributed by atoms with van der Waals surface area (Å²) >= 11 is 0. The van der Waals surface area contributed by atoms with Gasteiger partial charge in [0.15, 0.2) is 17.4 Å². The molecular formula is C17H15FN4O2. The molecule has 0 saturated heterocycles. The van der Waals surface area contributed by atoms with Gasteiger partial charge >= 0.3 is 0 Å². The van der Waals surface area contributed by atoms with Crippen molar-refractivity contribution in [3.05, 3.63) is 59.9 Å². The van der Waals surface area contributed by atoms with Crippen LogP contribution < -0.4 is 9.47 Å². The average molecular weight is 326 g/mol. The Balaban J connectivity index is 1.78. The third-order valence-corrected chi connectivity index (χ3v) is 3.23. The minimum atomic E-state index is -0.433. The van der Waals surface area contributed by atoms with Crippen LogP contribution in [0.2, 0.25) is 0 Å². The normalized spacial score (nSPS) is 10.5. The zero-order chi connectivity index (χ0) is 16.9. The number of hydrogen-bond acceptors (Lipinski definition) is 6. The van der Waals surface area contributed by atoms with Crippen LogP contribution in [0, 0.1) is 12.7 Å². The number of aromatic nitrogens is 4. The first-order chi connectivity index (χ1) is 11.7. The maximum absolute atomic E-state index is 13.7. The molecule has 2 heterocycles. The molecule has 0 N–H and O–H groups in total. The summed E-state index contributed by atoms with van der Waals surface area (Å²) in [5.74, 6) is 0.581. The predicted octanol–water partition coefficient (Wildman–Crippen LogP) is 2.97. The van der Waals surface area contributed by atoms with Gasteiger partial charge in [0, 0.05) is 24.2 Å². The van der Waals surface area contributed by atoms with Crippen molar-refractivity contribution < 1.29 is 13.9 Å². The van der Waals surface area contributed by atoms with Crippen LogP contribution in [0.3, 0.4) is 0 Å². The highest BCUT2D eigenvalue weighted by Crippen LogP contribution is 2.20. The summed E-state index contributed by atoms with van der Waals surface area (Å²) in [6, 6.07) is 6.37. The minimum Gasteiger partial charge on any atom is -0.494 e. The predicted molar refractivity (Wildman–Crippen MR) is 85.1 cm³/mol. The largest absolute Gasteiger partial charge is 0.494 e. The number of aryl methyl sites for hydroxylation is 1. The van der Waals surface area contributed by atoms with Crippen LogP contribution in [0.25, 0.3) is 11.5 Å². The quantitative estimate of drug-likeness (QED) is 0.718. The highest BCUT2D eigenvalue weighted by atomic mass is 19.1. The Morgan fingerprint density at radius 1 is 1.12 bits per heavy atom. The van der Waals surface area contributed by atoms with Crippen molar-refractivity contribution in [3.63, 3.8) is 0 Å². The van der Waals surface area contributed by atoms with Gasteiger partial charge in [-0.15, -0.1) is 0 Å². The van der Waals surface area contributed by atoms with E-state index in [4.69, 9.17) is 9.47 Å². The van der Waals surface area contributed by atoms with Crippen LogP contribution in [0.1, 0.15) is 11.3 Å². The van der Waals surface area contributed by atoms with Crippen molar-refractivity contribution in [1.29, 1.82) is 0 Å². The summed E-state index contributed by atoms with van der Waals surface area (Å²) in [7, 11) is 1.42. The Morgan fingerprint density at radius 3 is 2.71 bits per heavy atom. The first-order valence-electron chi connectivity index (χ1n) is 7.23. The fraction of sp³-hybridized carbons (Fsp3) is 0.176. The van der Waals surface area contributed by atoms with Gasteiger partial charge in [-0.3, -0.25) is 4.98 Å². The van der Waals surface area contributed by atoms with E-state index in [0.29, 0.717) is 23.0 Å². The minimum absolute atomic E-state index is 0.178. The van der Waals surface area contributed by atoms with Gasteiger partial charge in [0.05, 0.1) is 13.3 Å². The zero-order valence-corrected chi connectivity index (χ0v) is 13.2. The van der Waals surface area contributed by atoms with E-state index in [9.17, 15) is 4.39 Å². The Bertz CT molecular complexity index is 843. The fourth-order valence-electron chi connectivity index (χ4n) is 2.10. The fourth-order valence-corrected chi connectivity index (χ4v) is 2.10. The third-order valence-electron chi connectivity index (χ3n) is 3.23. The van der Waals surface area contributed by atoms with Gasteiger partial charge in [-0.2, -0.15) is 4.98 Å². The number of ether oxygens (including phenoxy) is 2. The highest BCUT2D eigenvalue weighted by molar-refractivity contribution is 5.48. The van der Waals surface area contributed by atoms with Crippen LogP contribution in [0.15, 0.2) is 42.9 Å². The van der Waals surface area contributed by atoms with E-state index in [-0.39, 0.29) is 12.4 Å². The van der Waals surface area contributed by atoms with Gasteiger partial charge in [0.25, 0.3) is 0 Å². The van der Waals surface area contributed by atoms with Crippen molar-refractivity contribution in [3.8, 4) is 23.1 Å². The van der Waals surface area contributed by atoms with E-state index in [2.05, 4.69) is 19.9 Å². The zero-order valence-electron chi connectivity index (χ0n) is 13.2. The second-order valence-corrected chi connectivity index (χ2v) is 5.02. The Labute approximate surface area is 138 Å². The molecule has 0 bridgehead atoms. The SMILES string of the molecule is COc1ccc(COc2cc(C)nc(-c3cnccn3)n2)cc1F. The van der Waals surface area contributed by atoms with Crippen LogP contribution in [0.4, 0.5) is 4.39 Å². The standard InChI is InChI=1S/C17H15FN4O2/c1-11-7-16(22-17(21-11)14-9-19-5-6-20-14)24-10-12-3-4-15(23-2)13(18)8-12/h3-9H,10H2,1-2H3. The van der Waals surface area contributed by atoms with Crippen molar-refractivity contribution >= 4 is 0 Å². The van der Waals surface area contributed by atoms with Crippen molar-refractivity contribution in [2.75, 3.05) is 7.11 Å². The maximum Gasteiger partial charge on any atom is 0.217 e. The van der Waals surface area contributed by atoms with E-state index < -0.39 is 5.82 Å². The molecule has 3 aromatic rings. The molecule has 6 nitrogen and oxygen atoms in total. The Morgan fingerprint density at radius 2 is 2.00 bits per heavy atom. The molecular weight excluding hydrogens is 311 g/mol. The average Bonchev–Trinajstić information content (AvgIpc) is 2.60. The molecule has 24 heavy (non-hydrogen) atoms. The molecule has 7 heteroatoms. The summed E-state index contributed by atoms with van der Waals surface area (Å²) in [6.07, 6.45) is 4.73. The summed E-state index contributed by atoms with van der Waals surface area (Å²) in [5.41, 5.74) is 1.97. The lowest BCUT2D eigenvalue weighted by molar-refractivity contribution is 0.292. The van der Waals surface area contributed by atoms with Gasteiger partial charge < -0.3 is 9.47 Å².